The zero-order valence-corrected chi connectivity index (χ0v) is 20.2. The van der Waals surface area contributed by atoms with E-state index in [1.54, 1.807) is 0 Å². The maximum atomic E-state index is 5.98. The average Bonchev–Trinajstić information content (AvgIpc) is 3.43. The lowest BCUT2D eigenvalue weighted by Gasteiger charge is -2.35. The second-order valence-corrected chi connectivity index (χ2v) is 10.6. The van der Waals surface area contributed by atoms with E-state index in [9.17, 15) is 0 Å². The zero-order chi connectivity index (χ0) is 21.6. The van der Waals surface area contributed by atoms with Gasteiger partial charge in [-0.25, -0.2) is 4.98 Å². The van der Waals surface area contributed by atoms with Crippen molar-refractivity contribution < 1.29 is 4.74 Å². The van der Waals surface area contributed by atoms with Crippen molar-refractivity contribution in [2.45, 2.75) is 51.8 Å². The van der Waals surface area contributed by atoms with Crippen LogP contribution in [0.25, 0.3) is 0 Å². The van der Waals surface area contributed by atoms with Crippen molar-refractivity contribution in [3.05, 3.63) is 46.5 Å². The molecule has 0 amide bonds. The molecule has 0 aliphatic carbocycles. The lowest BCUT2D eigenvalue weighted by molar-refractivity contribution is 0.0573. The van der Waals surface area contributed by atoms with Crippen molar-refractivity contribution in [1.82, 2.24) is 14.8 Å². The first-order valence-corrected chi connectivity index (χ1v) is 12.6. The largest absolute Gasteiger partial charge is 0.377 e. The zero-order valence-electron chi connectivity index (χ0n) is 19.4. The quantitative estimate of drug-likeness (QED) is 0.574. The summed E-state index contributed by atoms with van der Waals surface area (Å²) in [7, 11) is 4.13. The molecular formula is C25H38N4OS. The highest BCUT2D eigenvalue weighted by Gasteiger charge is 2.25. The summed E-state index contributed by atoms with van der Waals surface area (Å²) >= 11 is 1.82. The van der Waals surface area contributed by atoms with Gasteiger partial charge in [0.25, 0.3) is 0 Å². The first kappa shape index (κ1) is 22.7. The number of piperidine rings is 1. The number of likely N-dealkylation sites (tertiary alicyclic amines) is 1. The van der Waals surface area contributed by atoms with Crippen LogP contribution in [0.1, 0.15) is 41.7 Å². The molecule has 0 radical (unpaired) electrons. The predicted octanol–water partition coefficient (Wildman–Crippen LogP) is 4.41. The Balaban J connectivity index is 1.31. The molecule has 1 aromatic carbocycles. The number of nitrogens with zero attached hydrogens (tertiary/aromatic N) is 4. The van der Waals surface area contributed by atoms with Gasteiger partial charge in [0, 0.05) is 58.0 Å². The highest BCUT2D eigenvalue weighted by Crippen LogP contribution is 2.26. The molecule has 0 N–H and O–H groups in total. The summed E-state index contributed by atoms with van der Waals surface area (Å²) < 4.78 is 5.98. The third kappa shape index (κ3) is 6.51. The van der Waals surface area contributed by atoms with E-state index in [1.807, 2.05) is 11.3 Å². The maximum Gasteiger partial charge on any atom is 0.185 e. The van der Waals surface area contributed by atoms with Gasteiger partial charge in [-0.2, -0.15) is 0 Å². The average molecular weight is 443 g/mol. The Kier molecular flexibility index (Phi) is 7.99. The molecule has 0 bridgehead atoms. The Morgan fingerprint density at radius 1 is 1.13 bits per heavy atom. The van der Waals surface area contributed by atoms with Crippen LogP contribution < -0.4 is 4.90 Å². The molecule has 3 heterocycles. The molecule has 2 aliphatic heterocycles. The Labute approximate surface area is 192 Å². The standard InChI is InChI=1S/C25H38N4OS/c1-20-7-4-5-8-22(20)17-28-12-10-21(11-13-28)16-29(18-23-9-6-14-30-23)19-24-15-26-25(31-24)27(2)3/h4-5,7-8,15,21,23H,6,9-14,16-19H2,1-3H3/t23-/m0/s1. The lowest BCUT2D eigenvalue weighted by atomic mass is 9.95. The van der Waals surface area contributed by atoms with Crippen LogP contribution in [-0.2, 0) is 17.8 Å². The lowest BCUT2D eigenvalue weighted by Crippen LogP contribution is -2.40. The van der Waals surface area contributed by atoms with E-state index in [2.05, 4.69) is 71.2 Å². The van der Waals surface area contributed by atoms with Gasteiger partial charge >= 0.3 is 0 Å². The van der Waals surface area contributed by atoms with Crippen molar-refractivity contribution >= 4 is 16.5 Å². The molecule has 6 heteroatoms. The first-order valence-electron chi connectivity index (χ1n) is 11.8. The van der Waals surface area contributed by atoms with Crippen LogP contribution in [0.5, 0.6) is 0 Å². The minimum Gasteiger partial charge on any atom is -0.377 e. The Bertz CT molecular complexity index is 809. The molecular weight excluding hydrogens is 404 g/mol. The summed E-state index contributed by atoms with van der Waals surface area (Å²) in [6.45, 7) is 9.89. The van der Waals surface area contributed by atoms with Gasteiger partial charge in [0.1, 0.15) is 0 Å². The van der Waals surface area contributed by atoms with E-state index >= 15 is 0 Å². The van der Waals surface area contributed by atoms with Crippen molar-refractivity contribution in [3.8, 4) is 0 Å². The fraction of sp³-hybridized carbons (Fsp3) is 0.640. The fourth-order valence-electron chi connectivity index (χ4n) is 4.80. The van der Waals surface area contributed by atoms with E-state index < -0.39 is 0 Å². The summed E-state index contributed by atoms with van der Waals surface area (Å²) in [5.41, 5.74) is 2.89. The number of hydrogen-bond donors (Lipinski definition) is 0. The number of rotatable bonds is 9. The Morgan fingerprint density at radius 3 is 2.61 bits per heavy atom. The number of aryl methyl sites for hydroxylation is 1. The monoisotopic (exact) mass is 442 g/mol. The molecule has 0 saturated carbocycles. The number of anilines is 1. The third-order valence-corrected chi connectivity index (χ3v) is 7.82. The van der Waals surface area contributed by atoms with Crippen LogP contribution in [-0.4, -0.2) is 67.8 Å². The Morgan fingerprint density at radius 2 is 1.94 bits per heavy atom. The van der Waals surface area contributed by atoms with Crippen molar-refractivity contribution in [1.29, 1.82) is 0 Å². The van der Waals surface area contributed by atoms with Gasteiger partial charge < -0.3 is 9.64 Å². The van der Waals surface area contributed by atoms with Crippen LogP contribution in [0, 0.1) is 12.8 Å². The van der Waals surface area contributed by atoms with Gasteiger partial charge in [-0.3, -0.25) is 9.80 Å². The minimum atomic E-state index is 0.405. The fourth-order valence-corrected chi connectivity index (χ4v) is 5.67. The van der Waals surface area contributed by atoms with Crippen molar-refractivity contribution in [2.75, 3.05) is 51.8 Å². The van der Waals surface area contributed by atoms with Crippen LogP contribution in [0.4, 0.5) is 5.13 Å². The smallest absolute Gasteiger partial charge is 0.185 e. The van der Waals surface area contributed by atoms with Crippen molar-refractivity contribution in [3.63, 3.8) is 0 Å². The molecule has 0 unspecified atom stereocenters. The molecule has 1 atom stereocenters. The van der Waals surface area contributed by atoms with Crippen LogP contribution in [0.2, 0.25) is 0 Å². The first-order chi connectivity index (χ1) is 15.1. The van der Waals surface area contributed by atoms with E-state index in [0.29, 0.717) is 6.10 Å². The molecule has 2 aromatic rings. The van der Waals surface area contributed by atoms with Crippen LogP contribution >= 0.6 is 11.3 Å². The van der Waals surface area contributed by atoms with Gasteiger partial charge in [-0.15, -0.1) is 11.3 Å². The predicted molar refractivity (Wildman–Crippen MR) is 130 cm³/mol. The summed E-state index contributed by atoms with van der Waals surface area (Å²) in [4.78, 5) is 13.3. The number of hydrogen-bond acceptors (Lipinski definition) is 6. The van der Waals surface area contributed by atoms with E-state index in [1.165, 1.54) is 61.3 Å². The molecule has 5 nitrogen and oxygen atoms in total. The molecule has 0 spiro atoms. The highest BCUT2D eigenvalue weighted by atomic mass is 32.1. The molecule has 2 fully saturated rings. The van der Waals surface area contributed by atoms with Gasteiger partial charge in [0.05, 0.1) is 6.10 Å². The molecule has 170 valence electrons. The summed E-state index contributed by atoms with van der Waals surface area (Å²) in [5, 5.41) is 1.09. The number of aromatic nitrogens is 1. The third-order valence-electron chi connectivity index (χ3n) is 6.67. The molecule has 1 aromatic heterocycles. The topological polar surface area (TPSA) is 31.8 Å². The van der Waals surface area contributed by atoms with Crippen LogP contribution in [0.15, 0.2) is 30.5 Å². The van der Waals surface area contributed by atoms with Crippen molar-refractivity contribution in [2.24, 2.45) is 5.92 Å². The normalized spacial score (nSPS) is 20.6. The second kappa shape index (κ2) is 10.9. The second-order valence-electron chi connectivity index (χ2n) is 9.48. The van der Waals surface area contributed by atoms with Crippen LogP contribution in [0.3, 0.4) is 0 Å². The van der Waals surface area contributed by atoms with Gasteiger partial charge in [0.15, 0.2) is 5.13 Å². The molecule has 4 rings (SSSR count). The van der Waals surface area contributed by atoms with Gasteiger partial charge in [-0.05, 0) is 62.7 Å². The minimum absolute atomic E-state index is 0.405. The maximum absolute atomic E-state index is 5.98. The van der Waals surface area contributed by atoms with Gasteiger partial charge in [0.2, 0.25) is 0 Å². The highest BCUT2D eigenvalue weighted by molar-refractivity contribution is 7.15. The summed E-state index contributed by atoms with van der Waals surface area (Å²) in [6.07, 6.45) is 7.47. The molecule has 31 heavy (non-hydrogen) atoms. The van der Waals surface area contributed by atoms with E-state index in [0.717, 1.165) is 37.3 Å². The van der Waals surface area contributed by atoms with E-state index in [4.69, 9.17) is 4.74 Å². The molecule has 2 aliphatic rings. The summed E-state index contributed by atoms with van der Waals surface area (Å²) in [5.74, 6) is 0.774. The molecule has 2 saturated heterocycles. The van der Waals surface area contributed by atoms with Gasteiger partial charge in [-0.1, -0.05) is 24.3 Å². The number of benzene rings is 1. The number of thiazole rings is 1. The Hall–Kier alpha value is -1.47. The SMILES string of the molecule is Cc1ccccc1CN1CCC(CN(Cc2cnc(N(C)C)s2)C[C@@H]2CCCO2)CC1. The van der Waals surface area contributed by atoms with E-state index in [-0.39, 0.29) is 0 Å². The summed E-state index contributed by atoms with van der Waals surface area (Å²) in [6, 6.07) is 8.81. The number of ether oxygens (including phenoxy) is 1.